The molecule has 6 nitrogen and oxygen atoms in total. The lowest BCUT2D eigenvalue weighted by molar-refractivity contribution is 0.679. The second-order valence-electron chi connectivity index (χ2n) is 5.48. The van der Waals surface area contributed by atoms with E-state index in [0.29, 0.717) is 11.7 Å². The van der Waals surface area contributed by atoms with Crippen molar-refractivity contribution in [2.45, 2.75) is 25.8 Å². The molecule has 1 unspecified atom stereocenters. The third-order valence-electron chi connectivity index (χ3n) is 4.06. The summed E-state index contributed by atoms with van der Waals surface area (Å²) in [5.41, 5.74) is 3.30. The first kappa shape index (κ1) is 12.3. The largest absolute Gasteiger partial charge is 0.348 e. The van der Waals surface area contributed by atoms with Gasteiger partial charge in [0, 0.05) is 6.54 Å². The first-order valence-corrected chi connectivity index (χ1v) is 7.20. The van der Waals surface area contributed by atoms with Gasteiger partial charge in [-0.2, -0.15) is 0 Å². The first-order valence-electron chi connectivity index (χ1n) is 7.20. The minimum atomic E-state index is 0.382. The molecule has 0 aliphatic carbocycles. The van der Waals surface area contributed by atoms with Gasteiger partial charge >= 0.3 is 0 Å². The number of aromatic nitrogens is 5. The van der Waals surface area contributed by atoms with Crippen molar-refractivity contribution in [3.8, 4) is 0 Å². The highest BCUT2D eigenvalue weighted by atomic mass is 15.6. The summed E-state index contributed by atoms with van der Waals surface area (Å²) >= 11 is 0. The van der Waals surface area contributed by atoms with Crippen molar-refractivity contribution in [1.82, 2.24) is 25.3 Å². The second kappa shape index (κ2) is 4.80. The van der Waals surface area contributed by atoms with Crippen LogP contribution in [0.2, 0.25) is 0 Å². The molecule has 1 saturated heterocycles. The minimum Gasteiger partial charge on any atom is -0.348 e. The molecular weight excluding hydrogens is 264 g/mol. The molecule has 0 N–H and O–H groups in total. The van der Waals surface area contributed by atoms with Crippen molar-refractivity contribution in [2.75, 3.05) is 11.4 Å². The average Bonchev–Trinajstić information content (AvgIpc) is 3.16. The van der Waals surface area contributed by atoms with E-state index in [1.165, 1.54) is 22.2 Å². The topological polar surface area (TPSA) is 59.2 Å². The van der Waals surface area contributed by atoms with Crippen LogP contribution in [0.5, 0.6) is 0 Å². The normalized spacial score (nSPS) is 18.5. The fourth-order valence-electron chi connectivity index (χ4n) is 2.97. The fraction of sp³-hybridized carbons (Fsp3) is 0.333. The zero-order chi connectivity index (χ0) is 14.2. The predicted octanol–water partition coefficient (Wildman–Crippen LogP) is 2.17. The second-order valence-corrected chi connectivity index (χ2v) is 5.48. The van der Waals surface area contributed by atoms with Gasteiger partial charge in [-0.3, -0.25) is 0 Å². The van der Waals surface area contributed by atoms with Crippen LogP contribution >= 0.6 is 0 Å². The molecule has 0 saturated carbocycles. The molecule has 4 rings (SSSR count). The highest BCUT2D eigenvalue weighted by Crippen LogP contribution is 2.35. The van der Waals surface area contributed by atoms with Crippen LogP contribution in [0.3, 0.4) is 0 Å². The van der Waals surface area contributed by atoms with Gasteiger partial charge in [0.15, 0.2) is 11.5 Å². The number of hydrogen-bond donors (Lipinski definition) is 0. The summed E-state index contributed by atoms with van der Waals surface area (Å²) in [4.78, 5) is 2.34. The Bertz CT molecular complexity index is 763. The lowest BCUT2D eigenvalue weighted by Gasteiger charge is -2.25. The van der Waals surface area contributed by atoms with E-state index in [0.717, 1.165) is 18.8 Å². The fourth-order valence-corrected chi connectivity index (χ4v) is 2.97. The van der Waals surface area contributed by atoms with Gasteiger partial charge in [0.2, 0.25) is 0 Å². The van der Waals surface area contributed by atoms with Crippen molar-refractivity contribution in [3.05, 3.63) is 47.5 Å². The van der Waals surface area contributed by atoms with Crippen LogP contribution in [0.15, 0.2) is 36.4 Å². The summed E-state index contributed by atoms with van der Waals surface area (Å²) in [6.07, 6.45) is 2.33. The Hall–Kier alpha value is -2.50. The van der Waals surface area contributed by atoms with Crippen LogP contribution < -0.4 is 4.90 Å². The van der Waals surface area contributed by atoms with Gasteiger partial charge in [-0.05, 0) is 47.9 Å². The predicted molar refractivity (Wildman–Crippen MR) is 79.1 cm³/mol. The maximum absolute atomic E-state index is 4.52. The molecule has 6 heteroatoms. The van der Waals surface area contributed by atoms with E-state index >= 15 is 0 Å². The Morgan fingerprint density at radius 2 is 1.95 bits per heavy atom. The van der Waals surface area contributed by atoms with Crippen LogP contribution in [0.1, 0.15) is 30.0 Å². The number of nitrogens with zero attached hydrogens (tertiary/aromatic N) is 6. The van der Waals surface area contributed by atoms with Gasteiger partial charge in [0.25, 0.3) is 0 Å². The lowest BCUT2D eigenvalue weighted by Crippen LogP contribution is -2.24. The Balaban J connectivity index is 1.70. The zero-order valence-corrected chi connectivity index (χ0v) is 11.8. The SMILES string of the molecule is Cc1ccc(C2CCCN2c2ccc3nnnn3n2)cc1. The summed E-state index contributed by atoms with van der Waals surface area (Å²) in [6, 6.07) is 13.1. The van der Waals surface area contributed by atoms with Crippen molar-refractivity contribution >= 4 is 11.5 Å². The molecule has 1 aliphatic rings. The Morgan fingerprint density at radius 1 is 1.10 bits per heavy atom. The minimum absolute atomic E-state index is 0.382. The number of benzene rings is 1. The molecule has 0 radical (unpaired) electrons. The molecule has 1 fully saturated rings. The van der Waals surface area contributed by atoms with E-state index in [-0.39, 0.29) is 0 Å². The van der Waals surface area contributed by atoms with Crippen LogP contribution in [0.4, 0.5) is 5.82 Å². The van der Waals surface area contributed by atoms with Gasteiger partial charge in [0.05, 0.1) is 6.04 Å². The van der Waals surface area contributed by atoms with E-state index in [9.17, 15) is 0 Å². The van der Waals surface area contributed by atoms with Crippen LogP contribution in [-0.2, 0) is 0 Å². The number of hydrogen-bond acceptors (Lipinski definition) is 5. The molecule has 1 aromatic carbocycles. The average molecular weight is 280 g/mol. The number of anilines is 1. The Labute approximate surface area is 122 Å². The van der Waals surface area contributed by atoms with Crippen molar-refractivity contribution in [1.29, 1.82) is 0 Å². The number of tetrazole rings is 1. The van der Waals surface area contributed by atoms with Crippen LogP contribution in [-0.4, -0.2) is 31.8 Å². The monoisotopic (exact) mass is 280 g/mol. The molecule has 3 heterocycles. The lowest BCUT2D eigenvalue weighted by atomic mass is 10.0. The molecule has 106 valence electrons. The van der Waals surface area contributed by atoms with Gasteiger partial charge < -0.3 is 4.90 Å². The maximum atomic E-state index is 4.52. The van der Waals surface area contributed by atoms with E-state index in [1.807, 2.05) is 12.1 Å². The van der Waals surface area contributed by atoms with Crippen molar-refractivity contribution in [2.24, 2.45) is 0 Å². The highest BCUT2D eigenvalue weighted by Gasteiger charge is 2.27. The van der Waals surface area contributed by atoms with E-state index in [1.54, 1.807) is 0 Å². The Kier molecular flexibility index (Phi) is 2.80. The third-order valence-corrected chi connectivity index (χ3v) is 4.06. The molecular formula is C15H16N6. The molecule has 0 spiro atoms. The first-order chi connectivity index (χ1) is 10.3. The quantitative estimate of drug-likeness (QED) is 0.720. The van der Waals surface area contributed by atoms with Crippen LogP contribution in [0, 0.1) is 6.92 Å². The van der Waals surface area contributed by atoms with Gasteiger partial charge in [-0.1, -0.05) is 29.8 Å². The molecule has 0 amide bonds. The van der Waals surface area contributed by atoms with E-state index in [2.05, 4.69) is 56.7 Å². The molecule has 2 aromatic heterocycles. The van der Waals surface area contributed by atoms with E-state index in [4.69, 9.17) is 0 Å². The summed E-state index contributed by atoms with van der Waals surface area (Å²) < 4.78 is 1.49. The molecule has 3 aromatic rings. The van der Waals surface area contributed by atoms with Gasteiger partial charge in [-0.15, -0.1) is 14.8 Å². The summed E-state index contributed by atoms with van der Waals surface area (Å²) in [5.74, 6) is 0.929. The van der Waals surface area contributed by atoms with Crippen molar-refractivity contribution < 1.29 is 0 Å². The molecule has 0 bridgehead atoms. The number of fused-ring (bicyclic) bond motifs is 1. The highest BCUT2D eigenvalue weighted by molar-refractivity contribution is 5.47. The third kappa shape index (κ3) is 2.12. The standard InChI is InChI=1S/C15H16N6/c1-11-4-6-12(7-5-11)13-3-2-10-20(13)15-9-8-14-16-18-19-21(14)17-15/h4-9,13H,2-3,10H2,1H3. The number of rotatable bonds is 2. The molecule has 1 atom stereocenters. The van der Waals surface area contributed by atoms with Gasteiger partial charge in [0.1, 0.15) is 0 Å². The summed E-state index contributed by atoms with van der Waals surface area (Å²) in [5, 5.41) is 15.9. The molecule has 21 heavy (non-hydrogen) atoms. The molecule has 1 aliphatic heterocycles. The van der Waals surface area contributed by atoms with E-state index < -0.39 is 0 Å². The summed E-state index contributed by atoms with van der Waals surface area (Å²) in [7, 11) is 0. The van der Waals surface area contributed by atoms with Gasteiger partial charge in [-0.25, -0.2) is 0 Å². The smallest absolute Gasteiger partial charge is 0.200 e. The van der Waals surface area contributed by atoms with Crippen LogP contribution in [0.25, 0.3) is 5.65 Å². The number of aryl methyl sites for hydroxylation is 1. The maximum Gasteiger partial charge on any atom is 0.200 e. The Morgan fingerprint density at radius 3 is 2.81 bits per heavy atom. The summed E-state index contributed by atoms with van der Waals surface area (Å²) in [6.45, 7) is 3.13. The zero-order valence-electron chi connectivity index (χ0n) is 11.8. The van der Waals surface area contributed by atoms with Crippen molar-refractivity contribution in [3.63, 3.8) is 0 Å².